The van der Waals surface area contributed by atoms with Gasteiger partial charge in [0, 0.05) is 17.6 Å². The van der Waals surface area contributed by atoms with Crippen LogP contribution in [0.5, 0.6) is 0 Å². The van der Waals surface area contributed by atoms with Gasteiger partial charge in [0.1, 0.15) is 0 Å². The van der Waals surface area contributed by atoms with Crippen LogP contribution in [0.2, 0.25) is 0 Å². The first-order chi connectivity index (χ1) is 14.8. The minimum atomic E-state index is -0.751. The molecule has 0 fully saturated rings. The number of esters is 1. The second kappa shape index (κ2) is 9.55. The van der Waals surface area contributed by atoms with Crippen molar-refractivity contribution in [1.29, 1.82) is 0 Å². The van der Waals surface area contributed by atoms with E-state index in [1.165, 1.54) is 10.2 Å². The number of hydrogen-bond donors (Lipinski definition) is 1. The van der Waals surface area contributed by atoms with Gasteiger partial charge in [-0.15, -0.1) is 0 Å². The van der Waals surface area contributed by atoms with Gasteiger partial charge in [0.2, 0.25) is 0 Å². The Hall–Kier alpha value is -3.48. The van der Waals surface area contributed by atoms with Crippen molar-refractivity contribution in [2.75, 3.05) is 11.9 Å². The van der Waals surface area contributed by atoms with Crippen molar-refractivity contribution in [2.24, 2.45) is 5.92 Å². The molecule has 2 aromatic carbocycles. The zero-order valence-electron chi connectivity index (χ0n) is 18.2. The highest BCUT2D eigenvalue weighted by molar-refractivity contribution is 6.03. The van der Waals surface area contributed by atoms with Crippen LogP contribution in [0.4, 0.5) is 5.69 Å². The summed E-state index contributed by atoms with van der Waals surface area (Å²) in [5.41, 5.74) is 1.55. The second-order valence-corrected chi connectivity index (χ2v) is 8.18. The molecule has 0 saturated carbocycles. The largest absolute Gasteiger partial charge is 0.451 e. The van der Waals surface area contributed by atoms with Crippen LogP contribution in [0.3, 0.4) is 0 Å². The lowest BCUT2D eigenvalue weighted by atomic mass is 10.0. The van der Waals surface area contributed by atoms with Crippen molar-refractivity contribution in [3.05, 3.63) is 70.1 Å². The summed E-state index contributed by atoms with van der Waals surface area (Å²) in [6.45, 7) is 8.02. The molecular weight excluding hydrogens is 394 g/mol. The molecule has 3 rings (SSSR count). The summed E-state index contributed by atoms with van der Waals surface area (Å²) in [6.07, 6.45) is 0. The number of rotatable bonds is 7. The van der Waals surface area contributed by atoms with Gasteiger partial charge in [0.05, 0.1) is 5.39 Å². The van der Waals surface area contributed by atoms with E-state index in [2.05, 4.69) is 24.3 Å². The summed E-state index contributed by atoms with van der Waals surface area (Å²) >= 11 is 0. The molecule has 1 aromatic heterocycles. The van der Waals surface area contributed by atoms with Gasteiger partial charge in [-0.2, -0.15) is 5.10 Å². The molecule has 162 valence electrons. The first-order valence-corrected chi connectivity index (χ1v) is 10.3. The Labute approximate surface area is 181 Å². The Balaban J connectivity index is 1.74. The Bertz CT molecular complexity index is 1150. The lowest BCUT2D eigenvalue weighted by molar-refractivity contribution is -0.119. The number of benzene rings is 2. The van der Waals surface area contributed by atoms with E-state index in [1.54, 1.807) is 24.3 Å². The van der Waals surface area contributed by atoms with Gasteiger partial charge in [-0.1, -0.05) is 58.0 Å². The fourth-order valence-electron chi connectivity index (χ4n) is 3.20. The molecule has 0 aliphatic rings. The van der Waals surface area contributed by atoms with Crippen LogP contribution in [-0.2, 0) is 16.1 Å². The number of aromatic nitrogens is 2. The van der Waals surface area contributed by atoms with E-state index in [0.717, 1.165) is 0 Å². The molecule has 0 radical (unpaired) electrons. The first-order valence-electron chi connectivity index (χ1n) is 10.3. The van der Waals surface area contributed by atoms with Crippen molar-refractivity contribution in [2.45, 2.75) is 40.2 Å². The lowest BCUT2D eigenvalue weighted by Gasteiger charge is -2.12. The van der Waals surface area contributed by atoms with E-state index in [1.807, 2.05) is 38.1 Å². The molecular formula is C24H27N3O4. The zero-order chi connectivity index (χ0) is 22.5. The molecule has 1 N–H and O–H groups in total. The molecule has 0 aliphatic carbocycles. The van der Waals surface area contributed by atoms with Gasteiger partial charge < -0.3 is 10.1 Å². The van der Waals surface area contributed by atoms with Gasteiger partial charge >= 0.3 is 5.97 Å². The average molecular weight is 421 g/mol. The topological polar surface area (TPSA) is 90.3 Å². The van der Waals surface area contributed by atoms with Crippen LogP contribution in [0.15, 0.2) is 53.3 Å². The molecule has 7 nitrogen and oxygen atoms in total. The number of carbonyl (C=O) groups is 2. The third-order valence-electron chi connectivity index (χ3n) is 4.79. The standard InChI is InChI=1S/C24H27N3O4/c1-15(2)13-27-23(29)20-8-6-5-7-19(20)22(26-27)24(30)31-14-21(28)25-18-11-9-17(10-12-18)16(3)4/h5-12,15-16H,13-14H2,1-4H3,(H,25,28). The Kier molecular flexibility index (Phi) is 6.84. The van der Waals surface area contributed by atoms with Crippen LogP contribution >= 0.6 is 0 Å². The summed E-state index contributed by atoms with van der Waals surface area (Å²) in [7, 11) is 0. The molecule has 0 atom stereocenters. The maximum absolute atomic E-state index is 12.7. The number of ether oxygens (including phenoxy) is 1. The predicted octanol–water partition coefficient (Wildman–Crippen LogP) is 3.97. The highest BCUT2D eigenvalue weighted by atomic mass is 16.5. The number of nitrogens with one attached hydrogen (secondary N) is 1. The predicted molar refractivity (Wildman–Crippen MR) is 120 cm³/mol. The maximum atomic E-state index is 12.7. The van der Waals surface area contributed by atoms with Gasteiger partial charge in [-0.05, 0) is 35.6 Å². The Morgan fingerprint density at radius 3 is 2.26 bits per heavy atom. The van der Waals surface area contributed by atoms with Crippen LogP contribution in [0, 0.1) is 5.92 Å². The number of amides is 1. The van der Waals surface area contributed by atoms with Gasteiger partial charge in [-0.3, -0.25) is 9.59 Å². The van der Waals surface area contributed by atoms with E-state index in [-0.39, 0.29) is 17.2 Å². The van der Waals surface area contributed by atoms with Crippen LogP contribution in [0.25, 0.3) is 10.8 Å². The zero-order valence-corrected chi connectivity index (χ0v) is 18.2. The number of hydrogen-bond acceptors (Lipinski definition) is 5. The third kappa shape index (κ3) is 5.36. The minimum absolute atomic E-state index is 0.0185. The fourth-order valence-corrected chi connectivity index (χ4v) is 3.20. The summed E-state index contributed by atoms with van der Waals surface area (Å²) < 4.78 is 6.48. The van der Waals surface area contributed by atoms with Crippen molar-refractivity contribution in [1.82, 2.24) is 9.78 Å². The molecule has 31 heavy (non-hydrogen) atoms. The van der Waals surface area contributed by atoms with Crippen molar-refractivity contribution in [3.63, 3.8) is 0 Å². The second-order valence-electron chi connectivity index (χ2n) is 8.18. The fraction of sp³-hybridized carbons (Fsp3) is 0.333. The van der Waals surface area contributed by atoms with Crippen molar-refractivity contribution >= 4 is 28.3 Å². The molecule has 0 bridgehead atoms. The van der Waals surface area contributed by atoms with Gasteiger partial charge in [0.25, 0.3) is 11.5 Å². The highest BCUT2D eigenvalue weighted by Gasteiger charge is 2.19. The van der Waals surface area contributed by atoms with Crippen LogP contribution in [-0.4, -0.2) is 28.3 Å². The highest BCUT2D eigenvalue weighted by Crippen LogP contribution is 2.17. The normalized spacial score (nSPS) is 11.2. The van der Waals surface area contributed by atoms with E-state index >= 15 is 0 Å². The quantitative estimate of drug-likeness (QED) is 0.583. The first kappa shape index (κ1) is 22.2. The van der Waals surface area contributed by atoms with E-state index in [0.29, 0.717) is 28.9 Å². The summed E-state index contributed by atoms with van der Waals surface area (Å²) in [5.74, 6) is -0.639. The van der Waals surface area contributed by atoms with E-state index in [9.17, 15) is 14.4 Å². The molecule has 0 aliphatic heterocycles. The van der Waals surface area contributed by atoms with E-state index in [4.69, 9.17) is 4.74 Å². The van der Waals surface area contributed by atoms with Gasteiger partial charge in [-0.25, -0.2) is 9.48 Å². The Morgan fingerprint density at radius 1 is 1.00 bits per heavy atom. The van der Waals surface area contributed by atoms with Crippen molar-refractivity contribution < 1.29 is 14.3 Å². The van der Waals surface area contributed by atoms with Gasteiger partial charge in [0.15, 0.2) is 12.3 Å². The molecule has 0 unspecified atom stereocenters. The minimum Gasteiger partial charge on any atom is -0.451 e. The molecule has 3 aromatic rings. The molecule has 1 heterocycles. The number of nitrogens with zero attached hydrogens (tertiary/aromatic N) is 2. The van der Waals surface area contributed by atoms with E-state index < -0.39 is 18.5 Å². The third-order valence-corrected chi connectivity index (χ3v) is 4.79. The molecule has 0 saturated heterocycles. The average Bonchev–Trinajstić information content (AvgIpc) is 2.74. The number of anilines is 1. The molecule has 7 heteroatoms. The lowest BCUT2D eigenvalue weighted by Crippen LogP contribution is -2.29. The Morgan fingerprint density at radius 2 is 1.65 bits per heavy atom. The monoisotopic (exact) mass is 421 g/mol. The van der Waals surface area contributed by atoms with Crippen LogP contribution < -0.4 is 10.9 Å². The smallest absolute Gasteiger partial charge is 0.359 e. The summed E-state index contributed by atoms with van der Waals surface area (Å²) in [6, 6.07) is 14.3. The summed E-state index contributed by atoms with van der Waals surface area (Å²) in [4.78, 5) is 37.6. The number of fused-ring (bicyclic) bond motifs is 1. The van der Waals surface area contributed by atoms with Crippen LogP contribution in [0.1, 0.15) is 49.7 Å². The molecule has 1 amide bonds. The number of carbonyl (C=O) groups excluding carboxylic acids is 2. The summed E-state index contributed by atoms with van der Waals surface area (Å²) in [5, 5.41) is 7.73. The SMILES string of the molecule is CC(C)Cn1nc(C(=O)OCC(=O)Nc2ccc(C(C)C)cc2)c2ccccc2c1=O. The molecule has 0 spiro atoms. The maximum Gasteiger partial charge on any atom is 0.359 e. The van der Waals surface area contributed by atoms with Crippen molar-refractivity contribution in [3.8, 4) is 0 Å².